The van der Waals surface area contributed by atoms with Gasteiger partial charge in [0.25, 0.3) is 5.89 Å². The van der Waals surface area contributed by atoms with Crippen LogP contribution in [0.5, 0.6) is 0 Å². The number of methoxy groups -OCH3 is 1. The summed E-state index contributed by atoms with van der Waals surface area (Å²) in [7, 11) is 1.62. The summed E-state index contributed by atoms with van der Waals surface area (Å²) >= 11 is 0. The Morgan fingerprint density at radius 3 is 3.29 bits per heavy atom. The van der Waals surface area contributed by atoms with Crippen molar-refractivity contribution in [3.63, 3.8) is 0 Å². The van der Waals surface area contributed by atoms with Gasteiger partial charge in [0.15, 0.2) is 5.82 Å². The zero-order valence-electron chi connectivity index (χ0n) is 8.32. The van der Waals surface area contributed by atoms with E-state index in [1.165, 1.54) is 6.42 Å². The van der Waals surface area contributed by atoms with Crippen LogP contribution in [0, 0.1) is 0 Å². The van der Waals surface area contributed by atoms with Crippen molar-refractivity contribution in [2.75, 3.05) is 20.2 Å². The van der Waals surface area contributed by atoms with Gasteiger partial charge in [-0.2, -0.15) is 4.98 Å². The molecular formula is C9H15N3O2. The highest BCUT2D eigenvalue weighted by Crippen LogP contribution is 2.20. The predicted molar refractivity (Wildman–Crippen MR) is 49.9 cm³/mol. The Morgan fingerprint density at radius 2 is 2.57 bits per heavy atom. The number of ether oxygens (including phenoxy) is 1. The molecule has 5 heteroatoms. The van der Waals surface area contributed by atoms with Gasteiger partial charge in [-0.1, -0.05) is 5.16 Å². The van der Waals surface area contributed by atoms with Gasteiger partial charge in [0, 0.05) is 19.6 Å². The van der Waals surface area contributed by atoms with Crippen molar-refractivity contribution < 1.29 is 9.26 Å². The first-order chi connectivity index (χ1) is 6.90. The number of aromatic nitrogens is 2. The summed E-state index contributed by atoms with van der Waals surface area (Å²) in [5.74, 6) is 1.77. The van der Waals surface area contributed by atoms with E-state index < -0.39 is 0 Å². The molecule has 1 saturated heterocycles. The molecule has 78 valence electrons. The summed E-state index contributed by atoms with van der Waals surface area (Å²) < 4.78 is 9.96. The second-order valence-corrected chi connectivity index (χ2v) is 3.52. The minimum atomic E-state index is 0.396. The monoisotopic (exact) mass is 197 g/mol. The van der Waals surface area contributed by atoms with E-state index in [0.717, 1.165) is 25.3 Å². The topological polar surface area (TPSA) is 60.2 Å². The smallest absolute Gasteiger partial charge is 0.252 e. The first-order valence-electron chi connectivity index (χ1n) is 4.92. The fourth-order valence-electron chi connectivity index (χ4n) is 1.69. The van der Waals surface area contributed by atoms with Crippen LogP contribution < -0.4 is 5.32 Å². The summed E-state index contributed by atoms with van der Waals surface area (Å²) in [6, 6.07) is 0. The molecule has 1 aromatic rings. The summed E-state index contributed by atoms with van der Waals surface area (Å²) in [5, 5.41) is 7.27. The Bertz CT molecular complexity index is 281. The van der Waals surface area contributed by atoms with E-state index in [1.54, 1.807) is 7.11 Å². The molecule has 1 aliphatic rings. The highest BCUT2D eigenvalue weighted by molar-refractivity contribution is 4.97. The zero-order chi connectivity index (χ0) is 9.80. The Morgan fingerprint density at radius 1 is 1.64 bits per heavy atom. The van der Waals surface area contributed by atoms with Gasteiger partial charge in [-0.15, -0.1) is 0 Å². The quantitative estimate of drug-likeness (QED) is 0.772. The van der Waals surface area contributed by atoms with Gasteiger partial charge in [0.2, 0.25) is 0 Å². The summed E-state index contributed by atoms with van der Waals surface area (Å²) in [6.45, 7) is 2.44. The predicted octanol–water partition coefficient (Wildman–Crippen LogP) is 0.683. The second kappa shape index (κ2) is 4.52. The van der Waals surface area contributed by atoms with Crippen LogP contribution in [-0.2, 0) is 11.3 Å². The van der Waals surface area contributed by atoms with Crippen molar-refractivity contribution >= 4 is 0 Å². The number of rotatable bonds is 3. The number of piperidine rings is 1. The van der Waals surface area contributed by atoms with Gasteiger partial charge in [0.05, 0.1) is 0 Å². The second-order valence-electron chi connectivity index (χ2n) is 3.52. The van der Waals surface area contributed by atoms with E-state index in [9.17, 15) is 0 Å². The largest absolute Gasteiger partial charge is 0.375 e. The van der Waals surface area contributed by atoms with Crippen molar-refractivity contribution in [2.45, 2.75) is 25.4 Å². The van der Waals surface area contributed by atoms with Crippen LogP contribution in [0.3, 0.4) is 0 Å². The zero-order valence-corrected chi connectivity index (χ0v) is 8.32. The summed E-state index contributed by atoms with van der Waals surface area (Å²) in [6.07, 6.45) is 2.32. The van der Waals surface area contributed by atoms with E-state index in [-0.39, 0.29) is 0 Å². The highest BCUT2D eigenvalue weighted by Gasteiger charge is 2.20. The Hall–Kier alpha value is -0.940. The van der Waals surface area contributed by atoms with Gasteiger partial charge in [0.1, 0.15) is 6.61 Å². The third kappa shape index (κ3) is 2.10. The molecule has 0 radical (unpaired) electrons. The first-order valence-corrected chi connectivity index (χ1v) is 4.92. The fraction of sp³-hybridized carbons (Fsp3) is 0.778. The van der Waals surface area contributed by atoms with E-state index in [1.807, 2.05) is 0 Å². The first kappa shape index (κ1) is 9.61. The highest BCUT2D eigenvalue weighted by atomic mass is 16.5. The average molecular weight is 197 g/mol. The third-order valence-electron chi connectivity index (χ3n) is 2.41. The Balaban J connectivity index is 2.00. The van der Waals surface area contributed by atoms with E-state index in [2.05, 4.69) is 15.5 Å². The van der Waals surface area contributed by atoms with E-state index in [4.69, 9.17) is 9.26 Å². The number of nitrogens with zero attached hydrogens (tertiary/aromatic N) is 2. The molecule has 0 bridgehead atoms. The average Bonchev–Trinajstić information content (AvgIpc) is 2.68. The molecule has 1 fully saturated rings. The minimum Gasteiger partial charge on any atom is -0.375 e. The third-order valence-corrected chi connectivity index (χ3v) is 2.41. The molecule has 2 heterocycles. The fourth-order valence-corrected chi connectivity index (χ4v) is 1.69. The van der Waals surface area contributed by atoms with Crippen molar-refractivity contribution in [1.82, 2.24) is 15.5 Å². The lowest BCUT2D eigenvalue weighted by atomic mass is 9.99. The molecule has 1 atom stereocenters. The molecule has 0 aliphatic carbocycles. The van der Waals surface area contributed by atoms with Crippen molar-refractivity contribution in [1.29, 1.82) is 0 Å². The SMILES string of the molecule is COCc1nc([C@H]2CCCNC2)no1. The molecule has 1 N–H and O–H groups in total. The molecule has 5 nitrogen and oxygen atoms in total. The number of nitrogens with one attached hydrogen (secondary N) is 1. The molecule has 0 spiro atoms. The van der Waals surface area contributed by atoms with Crippen molar-refractivity contribution in [3.05, 3.63) is 11.7 Å². The molecule has 0 aromatic carbocycles. The van der Waals surface area contributed by atoms with Gasteiger partial charge in [-0.3, -0.25) is 0 Å². The molecule has 2 rings (SSSR count). The molecule has 14 heavy (non-hydrogen) atoms. The lowest BCUT2D eigenvalue weighted by molar-refractivity contribution is 0.151. The van der Waals surface area contributed by atoms with Crippen LogP contribution in [-0.4, -0.2) is 30.3 Å². The van der Waals surface area contributed by atoms with Crippen molar-refractivity contribution in [3.8, 4) is 0 Å². The molecular weight excluding hydrogens is 182 g/mol. The number of hydrogen-bond acceptors (Lipinski definition) is 5. The van der Waals surface area contributed by atoms with Crippen LogP contribution in [0.1, 0.15) is 30.5 Å². The molecule has 0 amide bonds. The van der Waals surface area contributed by atoms with E-state index in [0.29, 0.717) is 18.4 Å². The summed E-state index contributed by atoms with van der Waals surface area (Å²) in [4.78, 5) is 4.28. The van der Waals surface area contributed by atoms with Gasteiger partial charge in [-0.25, -0.2) is 0 Å². The van der Waals surface area contributed by atoms with Crippen LogP contribution in [0.25, 0.3) is 0 Å². The van der Waals surface area contributed by atoms with Crippen LogP contribution in [0.2, 0.25) is 0 Å². The Kier molecular flexibility index (Phi) is 3.10. The standard InChI is InChI=1S/C9H15N3O2/c1-13-6-8-11-9(12-14-8)7-3-2-4-10-5-7/h7,10H,2-6H2,1H3/t7-/m0/s1. The molecule has 0 saturated carbocycles. The van der Waals surface area contributed by atoms with E-state index >= 15 is 0 Å². The molecule has 0 unspecified atom stereocenters. The van der Waals surface area contributed by atoms with Gasteiger partial charge in [-0.05, 0) is 19.4 Å². The maximum absolute atomic E-state index is 5.04. The number of hydrogen-bond donors (Lipinski definition) is 1. The van der Waals surface area contributed by atoms with Crippen LogP contribution in [0.4, 0.5) is 0 Å². The van der Waals surface area contributed by atoms with Crippen LogP contribution >= 0.6 is 0 Å². The van der Waals surface area contributed by atoms with Gasteiger partial charge >= 0.3 is 0 Å². The molecule has 1 aliphatic heterocycles. The lowest BCUT2D eigenvalue weighted by Crippen LogP contribution is -2.28. The van der Waals surface area contributed by atoms with Crippen LogP contribution in [0.15, 0.2) is 4.52 Å². The maximum atomic E-state index is 5.04. The van der Waals surface area contributed by atoms with Crippen molar-refractivity contribution in [2.24, 2.45) is 0 Å². The maximum Gasteiger partial charge on any atom is 0.252 e. The Labute approximate surface area is 82.8 Å². The minimum absolute atomic E-state index is 0.396. The lowest BCUT2D eigenvalue weighted by Gasteiger charge is -2.19. The van der Waals surface area contributed by atoms with Gasteiger partial charge < -0.3 is 14.6 Å². The summed E-state index contributed by atoms with van der Waals surface area (Å²) in [5.41, 5.74) is 0. The normalized spacial score (nSPS) is 22.5. The molecule has 1 aromatic heterocycles.